The molecule has 2 atom stereocenters. The van der Waals surface area contributed by atoms with E-state index in [1.165, 1.54) is 0 Å². The lowest BCUT2D eigenvalue weighted by molar-refractivity contribution is 0.0680. The Morgan fingerprint density at radius 3 is 2.41 bits per heavy atom. The summed E-state index contributed by atoms with van der Waals surface area (Å²) in [4.78, 5) is 15.2. The lowest BCUT2D eigenvalue weighted by Gasteiger charge is -2.28. The molecule has 2 bridgehead atoms. The SMILES string of the molecule is O=C(c1ccc(NS(=O)(=O)c2ccccc2)cc1)N1C2CCNCC1CC2. The summed E-state index contributed by atoms with van der Waals surface area (Å²) in [5.74, 6) is 0.0312. The van der Waals surface area contributed by atoms with Gasteiger partial charge in [0.1, 0.15) is 0 Å². The molecule has 6 nitrogen and oxygen atoms in total. The number of fused-ring (bicyclic) bond motifs is 2. The van der Waals surface area contributed by atoms with E-state index in [-0.39, 0.29) is 16.8 Å². The molecule has 27 heavy (non-hydrogen) atoms. The van der Waals surface area contributed by atoms with Crippen molar-refractivity contribution in [2.45, 2.75) is 36.2 Å². The standard InChI is InChI=1S/C20H23N3O3S/c24-20(23-17-10-11-18(23)14-21-13-12-17)15-6-8-16(9-7-15)22-27(25,26)19-4-2-1-3-5-19/h1-9,17-18,21-22H,10-14H2. The normalized spacial score (nSPS) is 22.3. The maximum atomic E-state index is 13.0. The van der Waals surface area contributed by atoms with Crippen molar-refractivity contribution < 1.29 is 13.2 Å². The van der Waals surface area contributed by atoms with Crippen molar-refractivity contribution in [3.63, 3.8) is 0 Å². The van der Waals surface area contributed by atoms with E-state index >= 15 is 0 Å². The third kappa shape index (κ3) is 3.70. The fraction of sp³-hybridized carbons (Fsp3) is 0.350. The number of anilines is 1. The minimum absolute atomic E-state index is 0.0312. The smallest absolute Gasteiger partial charge is 0.261 e. The highest BCUT2D eigenvalue weighted by atomic mass is 32.2. The lowest BCUT2D eigenvalue weighted by Crippen LogP contribution is -2.42. The van der Waals surface area contributed by atoms with Gasteiger partial charge in [0.25, 0.3) is 15.9 Å². The molecule has 2 saturated heterocycles. The van der Waals surface area contributed by atoms with E-state index in [9.17, 15) is 13.2 Å². The molecule has 2 N–H and O–H groups in total. The Kier molecular flexibility index (Phi) is 4.88. The number of amides is 1. The van der Waals surface area contributed by atoms with E-state index in [1.54, 1.807) is 54.6 Å². The number of nitrogens with one attached hydrogen (secondary N) is 2. The molecule has 1 amide bonds. The molecule has 0 aliphatic carbocycles. The van der Waals surface area contributed by atoms with Crippen LogP contribution in [0.3, 0.4) is 0 Å². The first-order chi connectivity index (χ1) is 13.0. The third-order valence-corrected chi connectivity index (χ3v) is 6.72. The number of hydrogen-bond donors (Lipinski definition) is 2. The zero-order chi connectivity index (χ0) is 18.9. The van der Waals surface area contributed by atoms with Crippen molar-refractivity contribution in [2.24, 2.45) is 0 Å². The van der Waals surface area contributed by atoms with Gasteiger partial charge in [-0.2, -0.15) is 0 Å². The third-order valence-electron chi connectivity index (χ3n) is 5.33. The van der Waals surface area contributed by atoms with Crippen LogP contribution in [-0.4, -0.2) is 44.4 Å². The summed E-state index contributed by atoms with van der Waals surface area (Å²) in [6.45, 7) is 1.79. The van der Waals surface area contributed by atoms with Crippen LogP contribution in [0.4, 0.5) is 5.69 Å². The van der Waals surface area contributed by atoms with Crippen molar-refractivity contribution in [3.8, 4) is 0 Å². The first-order valence-electron chi connectivity index (χ1n) is 9.26. The van der Waals surface area contributed by atoms with Crippen LogP contribution in [0.25, 0.3) is 0 Å². The summed E-state index contributed by atoms with van der Waals surface area (Å²) in [6, 6.07) is 15.5. The van der Waals surface area contributed by atoms with Gasteiger partial charge in [-0.1, -0.05) is 18.2 Å². The second-order valence-corrected chi connectivity index (χ2v) is 8.77. The molecule has 0 saturated carbocycles. The Morgan fingerprint density at radius 1 is 0.963 bits per heavy atom. The predicted molar refractivity (Wildman–Crippen MR) is 104 cm³/mol. The molecule has 4 rings (SSSR count). The van der Waals surface area contributed by atoms with Gasteiger partial charge < -0.3 is 10.2 Å². The fourth-order valence-corrected chi connectivity index (χ4v) is 5.04. The van der Waals surface area contributed by atoms with Crippen LogP contribution in [0.2, 0.25) is 0 Å². The fourth-order valence-electron chi connectivity index (χ4n) is 3.96. The Morgan fingerprint density at radius 2 is 1.67 bits per heavy atom. The number of nitrogens with zero attached hydrogens (tertiary/aromatic N) is 1. The Hall–Kier alpha value is -2.38. The number of hydrogen-bond acceptors (Lipinski definition) is 4. The quantitative estimate of drug-likeness (QED) is 0.847. The van der Waals surface area contributed by atoms with E-state index in [4.69, 9.17) is 0 Å². The average Bonchev–Trinajstić information content (AvgIpc) is 2.95. The van der Waals surface area contributed by atoms with Crippen molar-refractivity contribution >= 4 is 21.6 Å². The monoisotopic (exact) mass is 385 g/mol. The van der Waals surface area contributed by atoms with Gasteiger partial charge in [0.2, 0.25) is 0 Å². The predicted octanol–water partition coefficient (Wildman–Crippen LogP) is 2.45. The summed E-state index contributed by atoms with van der Waals surface area (Å²) in [7, 11) is -3.63. The van der Waals surface area contributed by atoms with Gasteiger partial charge in [0.05, 0.1) is 4.90 Å². The lowest BCUT2D eigenvalue weighted by atomic mass is 10.1. The summed E-state index contributed by atoms with van der Waals surface area (Å²) in [5, 5.41) is 3.39. The zero-order valence-electron chi connectivity index (χ0n) is 15.0. The molecule has 2 fully saturated rings. The highest BCUT2D eigenvalue weighted by molar-refractivity contribution is 7.92. The van der Waals surface area contributed by atoms with Gasteiger partial charge in [0.15, 0.2) is 0 Å². The van der Waals surface area contributed by atoms with Gasteiger partial charge in [-0.25, -0.2) is 8.42 Å². The molecule has 7 heteroatoms. The second-order valence-electron chi connectivity index (χ2n) is 7.09. The van der Waals surface area contributed by atoms with Crippen molar-refractivity contribution in [1.82, 2.24) is 10.2 Å². The van der Waals surface area contributed by atoms with E-state index < -0.39 is 10.0 Å². The first kappa shape index (κ1) is 18.0. The van der Waals surface area contributed by atoms with Crippen LogP contribution >= 0.6 is 0 Å². The summed E-state index contributed by atoms with van der Waals surface area (Å²) in [6.07, 6.45) is 3.09. The molecule has 0 radical (unpaired) electrons. The molecule has 2 heterocycles. The molecule has 2 unspecified atom stereocenters. The second kappa shape index (κ2) is 7.32. The molecular formula is C20H23N3O3S. The highest BCUT2D eigenvalue weighted by Gasteiger charge is 2.38. The molecule has 142 valence electrons. The molecular weight excluding hydrogens is 362 g/mol. The Bertz CT molecular complexity index is 899. The maximum Gasteiger partial charge on any atom is 0.261 e. The topological polar surface area (TPSA) is 78.5 Å². The van der Waals surface area contributed by atoms with Crippen LogP contribution < -0.4 is 10.0 Å². The minimum atomic E-state index is -3.63. The van der Waals surface area contributed by atoms with Gasteiger partial charge in [-0.05, 0) is 62.2 Å². The summed E-state index contributed by atoms with van der Waals surface area (Å²) < 4.78 is 27.4. The zero-order valence-corrected chi connectivity index (χ0v) is 15.8. The number of carbonyl (C=O) groups excluding carboxylic acids is 1. The van der Waals surface area contributed by atoms with E-state index in [2.05, 4.69) is 10.0 Å². The molecule has 0 spiro atoms. The van der Waals surface area contributed by atoms with Crippen molar-refractivity contribution in [2.75, 3.05) is 17.8 Å². The maximum absolute atomic E-state index is 13.0. The van der Waals surface area contributed by atoms with Crippen LogP contribution in [-0.2, 0) is 10.0 Å². The Balaban J connectivity index is 1.50. The molecule has 2 aliphatic heterocycles. The molecule has 2 aliphatic rings. The number of sulfonamides is 1. The minimum Gasteiger partial charge on any atom is -0.331 e. The van der Waals surface area contributed by atoms with Crippen molar-refractivity contribution in [3.05, 3.63) is 60.2 Å². The largest absolute Gasteiger partial charge is 0.331 e. The number of rotatable bonds is 4. The van der Waals surface area contributed by atoms with Gasteiger partial charge >= 0.3 is 0 Å². The molecule has 0 aromatic heterocycles. The van der Waals surface area contributed by atoms with Gasteiger partial charge in [-0.15, -0.1) is 0 Å². The molecule has 2 aromatic carbocycles. The number of carbonyl (C=O) groups is 1. The summed E-state index contributed by atoms with van der Waals surface area (Å²) >= 11 is 0. The van der Waals surface area contributed by atoms with E-state index in [0.717, 1.165) is 32.4 Å². The van der Waals surface area contributed by atoms with Gasteiger partial charge in [0, 0.05) is 29.9 Å². The van der Waals surface area contributed by atoms with Crippen LogP contribution in [0.15, 0.2) is 59.5 Å². The number of benzene rings is 2. The van der Waals surface area contributed by atoms with Gasteiger partial charge in [-0.3, -0.25) is 9.52 Å². The van der Waals surface area contributed by atoms with E-state index in [1.807, 2.05) is 4.90 Å². The van der Waals surface area contributed by atoms with Crippen LogP contribution in [0.5, 0.6) is 0 Å². The summed E-state index contributed by atoms with van der Waals surface area (Å²) in [5.41, 5.74) is 1.03. The van der Waals surface area contributed by atoms with E-state index in [0.29, 0.717) is 17.3 Å². The molecule has 2 aromatic rings. The average molecular weight is 385 g/mol. The van der Waals surface area contributed by atoms with Crippen LogP contribution in [0, 0.1) is 0 Å². The first-order valence-corrected chi connectivity index (χ1v) is 10.7. The van der Waals surface area contributed by atoms with Crippen molar-refractivity contribution in [1.29, 1.82) is 0 Å². The Labute approximate surface area is 159 Å². The highest BCUT2D eigenvalue weighted by Crippen LogP contribution is 2.30. The van der Waals surface area contributed by atoms with Crippen LogP contribution in [0.1, 0.15) is 29.6 Å².